The Balaban J connectivity index is 2.40. The van der Waals surface area contributed by atoms with E-state index < -0.39 is 5.54 Å². The van der Waals surface area contributed by atoms with Crippen LogP contribution in [0.1, 0.15) is 18.4 Å². The van der Waals surface area contributed by atoms with Crippen LogP contribution in [0.5, 0.6) is 5.75 Å². The molecule has 0 bridgehead atoms. The van der Waals surface area contributed by atoms with Crippen molar-refractivity contribution >= 4 is 0 Å². The monoisotopic (exact) mass is 225 g/mol. The van der Waals surface area contributed by atoms with Gasteiger partial charge < -0.3 is 15.2 Å². The van der Waals surface area contributed by atoms with Gasteiger partial charge in [-0.25, -0.2) is 4.39 Å². The highest BCUT2D eigenvalue weighted by Gasteiger charge is 2.32. The number of benzene rings is 1. The molecule has 0 saturated carbocycles. The lowest BCUT2D eigenvalue weighted by molar-refractivity contribution is 0.0513. The zero-order valence-electron chi connectivity index (χ0n) is 9.33. The van der Waals surface area contributed by atoms with E-state index in [9.17, 15) is 4.39 Å². The summed E-state index contributed by atoms with van der Waals surface area (Å²) in [4.78, 5) is 0. The molecule has 3 nitrogen and oxygen atoms in total. The van der Waals surface area contributed by atoms with Crippen LogP contribution in [0.4, 0.5) is 4.39 Å². The molecule has 1 heterocycles. The summed E-state index contributed by atoms with van der Waals surface area (Å²) < 4.78 is 23.8. The van der Waals surface area contributed by atoms with E-state index in [0.29, 0.717) is 31.8 Å². The number of ether oxygens (including phenoxy) is 2. The largest absolute Gasteiger partial charge is 0.496 e. The van der Waals surface area contributed by atoms with Gasteiger partial charge in [0.15, 0.2) is 0 Å². The van der Waals surface area contributed by atoms with Crippen molar-refractivity contribution in [1.29, 1.82) is 0 Å². The summed E-state index contributed by atoms with van der Waals surface area (Å²) in [5, 5.41) is 0. The first kappa shape index (κ1) is 11.4. The SMILES string of the molecule is COc1ccc(F)cc1C1(N)CCOCC1. The van der Waals surface area contributed by atoms with E-state index in [2.05, 4.69) is 0 Å². The van der Waals surface area contributed by atoms with Gasteiger partial charge >= 0.3 is 0 Å². The van der Waals surface area contributed by atoms with Crippen LogP contribution in [0.25, 0.3) is 0 Å². The van der Waals surface area contributed by atoms with Crippen LogP contribution in [0.3, 0.4) is 0 Å². The van der Waals surface area contributed by atoms with Crippen LogP contribution >= 0.6 is 0 Å². The number of hydrogen-bond acceptors (Lipinski definition) is 3. The predicted octanol–water partition coefficient (Wildman–Crippen LogP) is 1.80. The van der Waals surface area contributed by atoms with Crippen LogP contribution in [0.2, 0.25) is 0 Å². The van der Waals surface area contributed by atoms with Gasteiger partial charge in [0, 0.05) is 24.3 Å². The zero-order valence-corrected chi connectivity index (χ0v) is 9.33. The standard InChI is InChI=1S/C12H16FNO2/c1-15-11-3-2-9(13)8-10(11)12(14)4-6-16-7-5-12/h2-3,8H,4-7,14H2,1H3. The van der Waals surface area contributed by atoms with Crippen molar-refractivity contribution in [3.05, 3.63) is 29.6 Å². The summed E-state index contributed by atoms with van der Waals surface area (Å²) in [6.07, 6.45) is 1.37. The Hall–Kier alpha value is -1.13. The van der Waals surface area contributed by atoms with E-state index in [1.165, 1.54) is 12.1 Å². The molecular weight excluding hydrogens is 209 g/mol. The lowest BCUT2D eigenvalue weighted by Crippen LogP contribution is -2.42. The molecule has 2 N–H and O–H groups in total. The van der Waals surface area contributed by atoms with Crippen molar-refractivity contribution in [2.75, 3.05) is 20.3 Å². The maximum Gasteiger partial charge on any atom is 0.124 e. The number of methoxy groups -OCH3 is 1. The van der Waals surface area contributed by atoms with Gasteiger partial charge in [-0.2, -0.15) is 0 Å². The molecule has 2 rings (SSSR count). The maximum atomic E-state index is 13.3. The van der Waals surface area contributed by atoms with Gasteiger partial charge in [-0.3, -0.25) is 0 Å². The van der Waals surface area contributed by atoms with Gasteiger partial charge in [-0.15, -0.1) is 0 Å². The van der Waals surface area contributed by atoms with E-state index in [4.69, 9.17) is 15.2 Å². The number of rotatable bonds is 2. The summed E-state index contributed by atoms with van der Waals surface area (Å²) in [7, 11) is 1.57. The Bertz CT molecular complexity index is 375. The summed E-state index contributed by atoms with van der Waals surface area (Å²) >= 11 is 0. The molecule has 1 fully saturated rings. The molecule has 0 amide bonds. The van der Waals surface area contributed by atoms with Gasteiger partial charge in [0.1, 0.15) is 11.6 Å². The van der Waals surface area contributed by atoms with Gasteiger partial charge in [0.2, 0.25) is 0 Å². The smallest absolute Gasteiger partial charge is 0.124 e. The normalized spacial score (nSPS) is 19.4. The molecule has 0 aromatic heterocycles. The van der Waals surface area contributed by atoms with E-state index >= 15 is 0 Å². The highest BCUT2D eigenvalue weighted by molar-refractivity contribution is 5.39. The highest BCUT2D eigenvalue weighted by Crippen LogP contribution is 2.35. The fourth-order valence-electron chi connectivity index (χ4n) is 2.07. The van der Waals surface area contributed by atoms with Gasteiger partial charge in [0.05, 0.1) is 7.11 Å². The Kier molecular flexibility index (Phi) is 3.12. The van der Waals surface area contributed by atoms with Crippen molar-refractivity contribution < 1.29 is 13.9 Å². The van der Waals surface area contributed by atoms with Crippen LogP contribution < -0.4 is 10.5 Å². The molecular formula is C12H16FNO2. The van der Waals surface area contributed by atoms with E-state index in [1.807, 2.05) is 0 Å². The fourth-order valence-corrected chi connectivity index (χ4v) is 2.07. The second kappa shape index (κ2) is 4.39. The lowest BCUT2D eigenvalue weighted by Gasteiger charge is -2.34. The minimum atomic E-state index is -0.536. The average molecular weight is 225 g/mol. The minimum absolute atomic E-state index is 0.285. The van der Waals surface area contributed by atoms with Gasteiger partial charge in [-0.05, 0) is 31.0 Å². The summed E-state index contributed by atoms with van der Waals surface area (Å²) in [5.41, 5.74) is 6.50. The molecule has 0 unspecified atom stereocenters. The third kappa shape index (κ3) is 2.03. The molecule has 1 aromatic carbocycles. The Labute approximate surface area is 94.3 Å². The van der Waals surface area contributed by atoms with Crippen molar-refractivity contribution in [2.45, 2.75) is 18.4 Å². The summed E-state index contributed by atoms with van der Waals surface area (Å²) in [6, 6.07) is 4.46. The molecule has 1 aliphatic heterocycles. The number of nitrogens with two attached hydrogens (primary N) is 1. The number of hydrogen-bond donors (Lipinski definition) is 1. The Morgan fingerprint density at radius 1 is 1.38 bits per heavy atom. The van der Waals surface area contributed by atoms with Crippen LogP contribution in [-0.4, -0.2) is 20.3 Å². The highest BCUT2D eigenvalue weighted by atomic mass is 19.1. The van der Waals surface area contributed by atoms with Crippen molar-refractivity contribution in [3.8, 4) is 5.75 Å². The molecule has 88 valence electrons. The molecule has 1 aromatic rings. The van der Waals surface area contributed by atoms with Crippen LogP contribution in [-0.2, 0) is 10.3 Å². The van der Waals surface area contributed by atoms with Crippen molar-refractivity contribution in [3.63, 3.8) is 0 Å². The second-order valence-corrected chi connectivity index (χ2v) is 4.11. The molecule has 0 radical (unpaired) electrons. The Morgan fingerprint density at radius 2 is 2.06 bits per heavy atom. The number of halogens is 1. The lowest BCUT2D eigenvalue weighted by atomic mass is 9.83. The molecule has 1 aliphatic rings. The first-order valence-electron chi connectivity index (χ1n) is 5.36. The molecule has 0 atom stereocenters. The van der Waals surface area contributed by atoms with Gasteiger partial charge in [-0.1, -0.05) is 0 Å². The molecule has 4 heteroatoms. The summed E-state index contributed by atoms with van der Waals surface area (Å²) in [6.45, 7) is 1.21. The van der Waals surface area contributed by atoms with Crippen molar-refractivity contribution in [1.82, 2.24) is 0 Å². The predicted molar refractivity (Wildman–Crippen MR) is 58.9 cm³/mol. The quantitative estimate of drug-likeness (QED) is 0.834. The third-order valence-electron chi connectivity index (χ3n) is 3.08. The minimum Gasteiger partial charge on any atom is -0.496 e. The van der Waals surface area contributed by atoms with Crippen molar-refractivity contribution in [2.24, 2.45) is 5.73 Å². The van der Waals surface area contributed by atoms with Crippen LogP contribution in [0.15, 0.2) is 18.2 Å². The van der Waals surface area contributed by atoms with Gasteiger partial charge in [0.25, 0.3) is 0 Å². The van der Waals surface area contributed by atoms with Crippen LogP contribution in [0, 0.1) is 5.82 Å². The first-order chi connectivity index (χ1) is 7.65. The maximum absolute atomic E-state index is 13.3. The van der Waals surface area contributed by atoms with E-state index in [0.717, 1.165) is 5.56 Å². The molecule has 16 heavy (non-hydrogen) atoms. The van der Waals surface area contributed by atoms with E-state index in [1.54, 1.807) is 13.2 Å². The molecule has 1 saturated heterocycles. The molecule has 0 spiro atoms. The zero-order chi connectivity index (χ0) is 11.6. The third-order valence-corrected chi connectivity index (χ3v) is 3.08. The van der Waals surface area contributed by atoms with E-state index in [-0.39, 0.29) is 5.82 Å². The second-order valence-electron chi connectivity index (χ2n) is 4.11. The topological polar surface area (TPSA) is 44.5 Å². The average Bonchev–Trinajstić information content (AvgIpc) is 2.30. The first-order valence-corrected chi connectivity index (χ1v) is 5.36. The molecule has 0 aliphatic carbocycles. The fraction of sp³-hybridized carbons (Fsp3) is 0.500. The Morgan fingerprint density at radius 3 is 2.69 bits per heavy atom. The summed E-state index contributed by atoms with van der Waals surface area (Å²) in [5.74, 6) is 0.359.